The van der Waals surface area contributed by atoms with Gasteiger partial charge in [0.05, 0.1) is 11.4 Å². The van der Waals surface area contributed by atoms with Crippen molar-refractivity contribution in [3.05, 3.63) is 47.3 Å². The summed E-state index contributed by atoms with van der Waals surface area (Å²) in [6, 6.07) is 9.89. The van der Waals surface area contributed by atoms with Crippen molar-refractivity contribution in [1.29, 1.82) is 0 Å². The van der Waals surface area contributed by atoms with Gasteiger partial charge in [0, 0.05) is 37.6 Å². The first kappa shape index (κ1) is 13.8. The number of aromatic amines is 1. The van der Waals surface area contributed by atoms with Crippen LogP contribution in [0.15, 0.2) is 47.3 Å². The molecule has 1 N–H and O–H groups in total. The summed E-state index contributed by atoms with van der Waals surface area (Å²) in [5, 5.41) is 7.40. The van der Waals surface area contributed by atoms with E-state index in [0.29, 0.717) is 0 Å². The van der Waals surface area contributed by atoms with E-state index < -0.39 is 0 Å². The Balaban J connectivity index is 1.91. The molecule has 0 saturated heterocycles. The van der Waals surface area contributed by atoms with Gasteiger partial charge < -0.3 is 4.90 Å². The van der Waals surface area contributed by atoms with Gasteiger partial charge in [0.15, 0.2) is 0 Å². The molecule has 0 aromatic carbocycles. The first-order chi connectivity index (χ1) is 10.1. The van der Waals surface area contributed by atoms with Gasteiger partial charge in [-0.2, -0.15) is 5.10 Å². The third-order valence-electron chi connectivity index (χ3n) is 3.12. The summed E-state index contributed by atoms with van der Waals surface area (Å²) in [7, 11) is 3.94. The number of H-pyrrole nitrogens is 1. The van der Waals surface area contributed by atoms with E-state index in [1.807, 2.05) is 55.5 Å². The Kier molecular flexibility index (Phi) is 3.70. The third kappa shape index (κ3) is 2.95. The fourth-order valence-corrected chi connectivity index (χ4v) is 2.35. The Morgan fingerprint density at radius 3 is 2.57 bits per heavy atom. The van der Waals surface area contributed by atoms with Gasteiger partial charge in [-0.3, -0.25) is 5.10 Å². The summed E-state index contributed by atoms with van der Waals surface area (Å²) < 4.78 is 0.799. The summed E-state index contributed by atoms with van der Waals surface area (Å²) in [4.78, 5) is 10.5. The van der Waals surface area contributed by atoms with Crippen LogP contribution in [0.1, 0.15) is 0 Å². The molecule has 0 unspecified atom stereocenters. The molecule has 3 rings (SSSR count). The molecule has 0 radical (unpaired) electrons. The van der Waals surface area contributed by atoms with Crippen molar-refractivity contribution < 1.29 is 0 Å². The van der Waals surface area contributed by atoms with Crippen LogP contribution in [0, 0.1) is 0 Å². The topological polar surface area (TPSA) is 57.7 Å². The number of halogens is 1. The smallest absolute Gasteiger partial charge is 0.127 e. The molecular formula is C15H14BrN5. The molecular weight excluding hydrogens is 330 g/mol. The van der Waals surface area contributed by atoms with E-state index in [1.54, 1.807) is 6.20 Å². The van der Waals surface area contributed by atoms with Crippen LogP contribution in [-0.4, -0.2) is 34.3 Å². The van der Waals surface area contributed by atoms with Crippen molar-refractivity contribution in [1.82, 2.24) is 20.2 Å². The van der Waals surface area contributed by atoms with Crippen molar-refractivity contribution in [2.45, 2.75) is 0 Å². The third-order valence-corrected chi connectivity index (χ3v) is 3.55. The molecule has 21 heavy (non-hydrogen) atoms. The lowest BCUT2D eigenvalue weighted by atomic mass is 10.1. The standard InChI is InChI=1S/C15H14BrN5/c1-21(2)15-4-3-11(9-18-15)13-8-12(19-20-13)10-5-6-17-14(16)7-10/h3-9H,1-2H3,(H,19,20). The maximum absolute atomic E-state index is 4.41. The van der Waals surface area contributed by atoms with Crippen LogP contribution in [0.3, 0.4) is 0 Å². The number of hydrogen-bond acceptors (Lipinski definition) is 4. The van der Waals surface area contributed by atoms with Crippen LogP contribution in [-0.2, 0) is 0 Å². The molecule has 0 fully saturated rings. The highest BCUT2D eigenvalue weighted by molar-refractivity contribution is 9.10. The van der Waals surface area contributed by atoms with Gasteiger partial charge >= 0.3 is 0 Å². The molecule has 0 atom stereocenters. The average molecular weight is 344 g/mol. The Bertz CT molecular complexity index is 749. The van der Waals surface area contributed by atoms with E-state index in [0.717, 1.165) is 32.9 Å². The summed E-state index contributed by atoms with van der Waals surface area (Å²) in [6.45, 7) is 0. The second kappa shape index (κ2) is 5.65. The highest BCUT2D eigenvalue weighted by Crippen LogP contribution is 2.25. The van der Waals surface area contributed by atoms with Crippen molar-refractivity contribution in [2.75, 3.05) is 19.0 Å². The first-order valence-electron chi connectivity index (χ1n) is 6.44. The summed E-state index contributed by atoms with van der Waals surface area (Å²) >= 11 is 3.37. The molecule has 0 spiro atoms. The van der Waals surface area contributed by atoms with Gasteiger partial charge in [-0.05, 0) is 46.3 Å². The molecule has 3 aromatic heterocycles. The molecule has 0 aliphatic rings. The molecule has 0 saturated carbocycles. The van der Waals surface area contributed by atoms with Crippen LogP contribution in [0.4, 0.5) is 5.82 Å². The predicted octanol–water partition coefficient (Wildman–Crippen LogP) is 3.36. The zero-order valence-electron chi connectivity index (χ0n) is 11.7. The predicted molar refractivity (Wildman–Crippen MR) is 87.1 cm³/mol. The van der Waals surface area contributed by atoms with Crippen molar-refractivity contribution in [3.8, 4) is 22.5 Å². The van der Waals surface area contributed by atoms with Crippen LogP contribution in [0.5, 0.6) is 0 Å². The summed E-state index contributed by atoms with van der Waals surface area (Å²) in [5.41, 5.74) is 3.84. The van der Waals surface area contributed by atoms with Crippen LogP contribution >= 0.6 is 15.9 Å². The van der Waals surface area contributed by atoms with Gasteiger partial charge in [0.1, 0.15) is 10.4 Å². The largest absolute Gasteiger partial charge is 0.363 e. The molecule has 3 heterocycles. The average Bonchev–Trinajstić information content (AvgIpc) is 2.97. The lowest BCUT2D eigenvalue weighted by Crippen LogP contribution is -2.09. The summed E-state index contributed by atoms with van der Waals surface area (Å²) in [6.07, 6.45) is 3.59. The van der Waals surface area contributed by atoms with Crippen LogP contribution in [0.25, 0.3) is 22.5 Å². The molecule has 0 bridgehead atoms. The van der Waals surface area contributed by atoms with Gasteiger partial charge in [-0.25, -0.2) is 9.97 Å². The highest BCUT2D eigenvalue weighted by Gasteiger charge is 2.07. The maximum atomic E-state index is 4.41. The number of nitrogens with zero attached hydrogens (tertiary/aromatic N) is 4. The molecule has 6 heteroatoms. The number of nitrogens with one attached hydrogen (secondary N) is 1. The van der Waals surface area contributed by atoms with E-state index in [1.165, 1.54) is 0 Å². The van der Waals surface area contributed by atoms with Crippen molar-refractivity contribution >= 4 is 21.7 Å². The van der Waals surface area contributed by atoms with Crippen molar-refractivity contribution in [2.24, 2.45) is 0 Å². The molecule has 3 aromatic rings. The normalized spacial score (nSPS) is 10.6. The van der Waals surface area contributed by atoms with Gasteiger partial charge in [-0.1, -0.05) is 0 Å². The number of anilines is 1. The number of hydrogen-bond donors (Lipinski definition) is 1. The molecule has 5 nitrogen and oxygen atoms in total. The fraction of sp³-hybridized carbons (Fsp3) is 0.133. The number of aromatic nitrogens is 4. The fourth-order valence-electron chi connectivity index (χ4n) is 1.99. The Morgan fingerprint density at radius 2 is 1.90 bits per heavy atom. The minimum atomic E-state index is 0.799. The lowest BCUT2D eigenvalue weighted by molar-refractivity contribution is 1.06. The number of rotatable bonds is 3. The van der Waals surface area contributed by atoms with E-state index in [2.05, 4.69) is 36.1 Å². The van der Waals surface area contributed by atoms with Gasteiger partial charge in [-0.15, -0.1) is 0 Å². The van der Waals surface area contributed by atoms with Crippen LogP contribution < -0.4 is 4.90 Å². The Morgan fingerprint density at radius 1 is 1.05 bits per heavy atom. The van der Waals surface area contributed by atoms with Crippen LogP contribution in [0.2, 0.25) is 0 Å². The minimum absolute atomic E-state index is 0.799. The quantitative estimate of drug-likeness (QED) is 0.740. The Hall–Kier alpha value is -2.21. The number of pyridine rings is 2. The minimum Gasteiger partial charge on any atom is -0.363 e. The Labute approximate surface area is 131 Å². The van der Waals surface area contributed by atoms with E-state index in [4.69, 9.17) is 0 Å². The molecule has 0 aliphatic heterocycles. The van der Waals surface area contributed by atoms with E-state index >= 15 is 0 Å². The lowest BCUT2D eigenvalue weighted by Gasteiger charge is -2.10. The van der Waals surface area contributed by atoms with Gasteiger partial charge in [0.2, 0.25) is 0 Å². The first-order valence-corrected chi connectivity index (χ1v) is 7.24. The monoisotopic (exact) mass is 343 g/mol. The van der Waals surface area contributed by atoms with E-state index in [9.17, 15) is 0 Å². The maximum Gasteiger partial charge on any atom is 0.127 e. The zero-order chi connectivity index (χ0) is 14.8. The molecule has 106 valence electrons. The highest BCUT2D eigenvalue weighted by atomic mass is 79.9. The molecule has 0 amide bonds. The second-order valence-electron chi connectivity index (χ2n) is 4.83. The SMILES string of the molecule is CN(C)c1ccc(-c2cc(-c3ccnc(Br)c3)[nH]n2)cn1. The summed E-state index contributed by atoms with van der Waals surface area (Å²) in [5.74, 6) is 0.924. The van der Waals surface area contributed by atoms with Crippen molar-refractivity contribution in [3.63, 3.8) is 0 Å². The second-order valence-corrected chi connectivity index (χ2v) is 5.65. The molecule has 0 aliphatic carbocycles. The zero-order valence-corrected chi connectivity index (χ0v) is 13.3. The van der Waals surface area contributed by atoms with Gasteiger partial charge in [0.25, 0.3) is 0 Å². The van der Waals surface area contributed by atoms with E-state index in [-0.39, 0.29) is 0 Å².